The summed E-state index contributed by atoms with van der Waals surface area (Å²) < 4.78 is 5.84. The fourth-order valence-electron chi connectivity index (χ4n) is 2.27. The predicted molar refractivity (Wildman–Crippen MR) is 101 cm³/mol. The number of aromatic nitrogens is 2. The standard InChI is InChI=1S/C19H14Cl2N2O3/c1-12-15(20)9-14(10-16(12)21)17-7-8-18(24)23(22-17)19(25)26-11-13-5-3-2-4-6-13/h2-10H,11H2,1H3. The van der Waals surface area contributed by atoms with Gasteiger partial charge in [-0.15, -0.1) is 4.68 Å². The third-order valence-corrected chi connectivity index (χ3v) is 4.54. The van der Waals surface area contributed by atoms with Gasteiger partial charge in [-0.1, -0.05) is 53.5 Å². The van der Waals surface area contributed by atoms with Crippen LogP contribution in [0.3, 0.4) is 0 Å². The van der Waals surface area contributed by atoms with Crippen LogP contribution in [-0.2, 0) is 11.3 Å². The number of benzene rings is 2. The van der Waals surface area contributed by atoms with E-state index in [1.807, 2.05) is 30.3 Å². The van der Waals surface area contributed by atoms with Gasteiger partial charge in [0.15, 0.2) is 0 Å². The van der Waals surface area contributed by atoms with Gasteiger partial charge in [0, 0.05) is 21.7 Å². The number of nitrogens with zero attached hydrogens (tertiary/aromatic N) is 2. The highest BCUT2D eigenvalue weighted by molar-refractivity contribution is 6.36. The zero-order valence-corrected chi connectivity index (χ0v) is 15.3. The molecule has 2 aromatic carbocycles. The molecule has 0 aliphatic rings. The van der Waals surface area contributed by atoms with E-state index in [9.17, 15) is 9.59 Å². The number of rotatable bonds is 3. The summed E-state index contributed by atoms with van der Waals surface area (Å²) in [5, 5.41) is 5.02. The van der Waals surface area contributed by atoms with Crippen LogP contribution in [0.1, 0.15) is 11.1 Å². The molecule has 5 nitrogen and oxygen atoms in total. The van der Waals surface area contributed by atoms with Gasteiger partial charge in [0.1, 0.15) is 6.61 Å². The zero-order chi connectivity index (χ0) is 18.7. The molecule has 0 aliphatic carbocycles. The van der Waals surface area contributed by atoms with Gasteiger partial charge in [-0.25, -0.2) is 4.79 Å². The van der Waals surface area contributed by atoms with E-state index in [2.05, 4.69) is 5.10 Å². The number of ether oxygens (including phenoxy) is 1. The van der Waals surface area contributed by atoms with E-state index >= 15 is 0 Å². The Morgan fingerprint density at radius 1 is 1.08 bits per heavy atom. The molecule has 0 spiro atoms. The quantitative estimate of drug-likeness (QED) is 0.651. The lowest BCUT2D eigenvalue weighted by molar-refractivity contribution is 0.136. The molecule has 132 valence electrons. The van der Waals surface area contributed by atoms with Gasteiger partial charge in [-0.2, -0.15) is 5.10 Å². The summed E-state index contributed by atoms with van der Waals surface area (Å²) in [6, 6.07) is 15.3. The normalized spacial score (nSPS) is 10.6. The van der Waals surface area contributed by atoms with E-state index in [0.717, 1.165) is 11.1 Å². The Hall–Kier alpha value is -2.63. The molecule has 0 bridgehead atoms. The smallest absolute Gasteiger partial charge is 0.438 e. The summed E-state index contributed by atoms with van der Waals surface area (Å²) in [6.07, 6.45) is -0.856. The molecule has 0 saturated heterocycles. The number of hydrogen-bond donors (Lipinski definition) is 0. The van der Waals surface area contributed by atoms with E-state index in [1.165, 1.54) is 12.1 Å². The van der Waals surface area contributed by atoms with Crippen LogP contribution in [0.25, 0.3) is 11.3 Å². The monoisotopic (exact) mass is 388 g/mol. The molecule has 0 radical (unpaired) electrons. The molecule has 0 saturated carbocycles. The van der Waals surface area contributed by atoms with Crippen LogP contribution in [0.5, 0.6) is 0 Å². The summed E-state index contributed by atoms with van der Waals surface area (Å²) in [4.78, 5) is 24.2. The molecule has 1 heterocycles. The SMILES string of the molecule is Cc1c(Cl)cc(-c2ccc(=O)n(C(=O)OCc3ccccc3)n2)cc1Cl. The van der Waals surface area contributed by atoms with E-state index in [-0.39, 0.29) is 6.61 Å². The fourth-order valence-corrected chi connectivity index (χ4v) is 2.76. The summed E-state index contributed by atoms with van der Waals surface area (Å²) >= 11 is 12.3. The van der Waals surface area contributed by atoms with E-state index in [0.29, 0.717) is 26.0 Å². The second-order valence-corrected chi connectivity index (χ2v) is 6.39. The van der Waals surface area contributed by atoms with Crippen LogP contribution in [0.15, 0.2) is 59.4 Å². The minimum absolute atomic E-state index is 0.0419. The lowest BCUT2D eigenvalue weighted by Crippen LogP contribution is -2.29. The first-order chi connectivity index (χ1) is 12.5. The number of carbonyl (C=O) groups excluding carboxylic acids is 1. The van der Waals surface area contributed by atoms with Crippen molar-refractivity contribution in [3.8, 4) is 11.3 Å². The van der Waals surface area contributed by atoms with Gasteiger partial charge >= 0.3 is 6.09 Å². The van der Waals surface area contributed by atoms with Gasteiger partial charge in [0.05, 0.1) is 5.69 Å². The highest BCUT2D eigenvalue weighted by Crippen LogP contribution is 2.29. The maximum atomic E-state index is 12.2. The Morgan fingerprint density at radius 2 is 1.73 bits per heavy atom. The van der Waals surface area contributed by atoms with Crippen LogP contribution in [0.4, 0.5) is 4.79 Å². The summed E-state index contributed by atoms with van der Waals surface area (Å²) in [7, 11) is 0. The largest absolute Gasteiger partial charge is 0.443 e. The molecule has 0 fully saturated rings. The van der Waals surface area contributed by atoms with Gasteiger partial charge < -0.3 is 4.74 Å². The van der Waals surface area contributed by atoms with Crippen molar-refractivity contribution in [2.75, 3.05) is 0 Å². The molecule has 0 atom stereocenters. The van der Waals surface area contributed by atoms with Crippen LogP contribution in [0.2, 0.25) is 10.0 Å². The van der Waals surface area contributed by atoms with Crippen molar-refractivity contribution < 1.29 is 9.53 Å². The van der Waals surface area contributed by atoms with Crippen LogP contribution in [-0.4, -0.2) is 15.9 Å². The van der Waals surface area contributed by atoms with Crippen molar-refractivity contribution >= 4 is 29.3 Å². The molecular weight excluding hydrogens is 375 g/mol. The maximum absolute atomic E-state index is 12.2. The lowest BCUT2D eigenvalue weighted by Gasteiger charge is -2.09. The van der Waals surface area contributed by atoms with Crippen LogP contribution < -0.4 is 5.56 Å². The third-order valence-electron chi connectivity index (χ3n) is 3.76. The van der Waals surface area contributed by atoms with Crippen molar-refractivity contribution in [3.63, 3.8) is 0 Å². The van der Waals surface area contributed by atoms with E-state index in [1.54, 1.807) is 19.1 Å². The van der Waals surface area contributed by atoms with E-state index < -0.39 is 11.7 Å². The molecule has 1 aromatic heterocycles. The zero-order valence-electron chi connectivity index (χ0n) is 13.8. The van der Waals surface area contributed by atoms with Gasteiger partial charge in [-0.3, -0.25) is 4.79 Å². The van der Waals surface area contributed by atoms with Gasteiger partial charge in [-0.05, 0) is 36.2 Å². The second kappa shape index (κ2) is 7.72. The Kier molecular flexibility index (Phi) is 5.40. The number of hydrogen-bond acceptors (Lipinski definition) is 4. The van der Waals surface area contributed by atoms with Gasteiger partial charge in [0.25, 0.3) is 5.56 Å². The van der Waals surface area contributed by atoms with Gasteiger partial charge in [0.2, 0.25) is 0 Å². The summed E-state index contributed by atoms with van der Waals surface area (Å²) in [5.41, 5.74) is 1.94. The Morgan fingerprint density at radius 3 is 2.38 bits per heavy atom. The minimum atomic E-state index is -0.856. The molecule has 3 rings (SSSR count). The van der Waals surface area contributed by atoms with Crippen molar-refractivity contribution in [1.29, 1.82) is 0 Å². The first-order valence-electron chi connectivity index (χ1n) is 7.73. The maximum Gasteiger partial charge on any atom is 0.438 e. The Labute approximate surface area is 159 Å². The summed E-state index contributed by atoms with van der Waals surface area (Å²) in [5.74, 6) is 0. The number of carbonyl (C=O) groups is 1. The minimum Gasteiger partial charge on any atom is -0.443 e. The molecule has 0 aliphatic heterocycles. The van der Waals surface area contributed by atoms with Crippen molar-refractivity contribution in [2.45, 2.75) is 13.5 Å². The molecule has 0 N–H and O–H groups in total. The average Bonchev–Trinajstić information content (AvgIpc) is 2.65. The molecule has 0 amide bonds. The van der Waals surface area contributed by atoms with Crippen molar-refractivity contribution in [3.05, 3.63) is 86.1 Å². The molecule has 3 aromatic rings. The molecule has 26 heavy (non-hydrogen) atoms. The van der Waals surface area contributed by atoms with Crippen molar-refractivity contribution in [1.82, 2.24) is 9.78 Å². The topological polar surface area (TPSA) is 61.2 Å². The number of halogens is 2. The highest BCUT2D eigenvalue weighted by atomic mass is 35.5. The van der Waals surface area contributed by atoms with Crippen molar-refractivity contribution in [2.24, 2.45) is 0 Å². The average molecular weight is 389 g/mol. The Balaban J connectivity index is 1.88. The molecule has 7 heteroatoms. The molecule has 0 unspecified atom stereocenters. The highest BCUT2D eigenvalue weighted by Gasteiger charge is 2.13. The first-order valence-corrected chi connectivity index (χ1v) is 8.49. The fraction of sp³-hybridized carbons (Fsp3) is 0.105. The second-order valence-electron chi connectivity index (χ2n) is 5.57. The molecular formula is C19H14Cl2N2O3. The van der Waals surface area contributed by atoms with Crippen LogP contribution >= 0.6 is 23.2 Å². The van der Waals surface area contributed by atoms with Crippen LogP contribution in [0, 0.1) is 6.92 Å². The predicted octanol–water partition coefficient (Wildman–Crippen LogP) is 4.71. The van der Waals surface area contributed by atoms with E-state index in [4.69, 9.17) is 27.9 Å². The summed E-state index contributed by atoms with van der Waals surface area (Å²) in [6.45, 7) is 1.84. The Bertz CT molecular complexity index is 994. The lowest BCUT2D eigenvalue weighted by atomic mass is 10.1. The first kappa shape index (κ1) is 18.2. The third kappa shape index (κ3) is 3.95.